The van der Waals surface area contributed by atoms with Crippen molar-refractivity contribution in [3.63, 3.8) is 0 Å². The van der Waals surface area contributed by atoms with Crippen molar-refractivity contribution < 1.29 is 18.0 Å². The molecule has 0 saturated carbocycles. The molecule has 0 unspecified atom stereocenters. The first-order valence-corrected chi connectivity index (χ1v) is 10.4. The number of aromatic nitrogens is 4. The zero-order chi connectivity index (χ0) is 23.9. The van der Waals surface area contributed by atoms with Crippen LogP contribution in [0, 0.1) is 6.92 Å². The second-order valence-electron chi connectivity index (χ2n) is 8.08. The van der Waals surface area contributed by atoms with Gasteiger partial charge in [-0.25, -0.2) is 15.0 Å². The van der Waals surface area contributed by atoms with E-state index >= 15 is 0 Å². The fourth-order valence-electron chi connectivity index (χ4n) is 3.93. The van der Waals surface area contributed by atoms with Crippen LogP contribution in [0.1, 0.15) is 32.7 Å². The Labute approximate surface area is 192 Å². The first-order chi connectivity index (χ1) is 16.3. The molecule has 2 aromatic carbocycles. The number of nitrogens with one attached hydrogen (secondary N) is 1. The average Bonchev–Trinajstić information content (AvgIpc) is 3.44. The molecule has 0 bridgehead atoms. The zero-order valence-corrected chi connectivity index (χ0v) is 18.0. The lowest BCUT2D eigenvalue weighted by Gasteiger charge is -2.15. The van der Waals surface area contributed by atoms with Crippen LogP contribution in [-0.4, -0.2) is 25.4 Å². The summed E-state index contributed by atoms with van der Waals surface area (Å²) >= 11 is 0. The molecule has 3 heterocycles. The van der Waals surface area contributed by atoms with E-state index in [-0.39, 0.29) is 11.4 Å². The van der Waals surface area contributed by atoms with Gasteiger partial charge in [-0.1, -0.05) is 6.07 Å². The van der Waals surface area contributed by atoms with Crippen molar-refractivity contribution in [2.24, 2.45) is 0 Å². The van der Waals surface area contributed by atoms with E-state index in [9.17, 15) is 18.0 Å². The number of rotatable bonds is 4. The Kier molecular flexibility index (Phi) is 5.27. The highest BCUT2D eigenvalue weighted by molar-refractivity contribution is 6.04. The SMILES string of the molecule is Cc1cn(-c2cc(NC(=O)c3ccc4c(c3)CN(c3cncnc3)C4)cc(C(F)(F)F)c2)cn1. The predicted octanol–water partition coefficient (Wildman–Crippen LogP) is 4.76. The van der Waals surface area contributed by atoms with Crippen molar-refractivity contribution in [2.45, 2.75) is 26.2 Å². The van der Waals surface area contributed by atoms with Gasteiger partial charge in [0.1, 0.15) is 6.33 Å². The van der Waals surface area contributed by atoms with Gasteiger partial charge in [-0.05, 0) is 48.4 Å². The number of carbonyl (C=O) groups is 1. The fourth-order valence-corrected chi connectivity index (χ4v) is 3.93. The third-order valence-electron chi connectivity index (χ3n) is 5.62. The number of halogens is 3. The number of aryl methyl sites for hydroxylation is 1. The van der Waals surface area contributed by atoms with Gasteiger partial charge in [0.15, 0.2) is 0 Å². The summed E-state index contributed by atoms with van der Waals surface area (Å²) in [7, 11) is 0. The molecule has 0 radical (unpaired) electrons. The number of benzene rings is 2. The van der Waals surface area contributed by atoms with Crippen molar-refractivity contribution in [1.29, 1.82) is 0 Å². The minimum absolute atomic E-state index is 0.0461. The van der Waals surface area contributed by atoms with E-state index in [1.165, 1.54) is 23.3 Å². The van der Waals surface area contributed by atoms with Crippen molar-refractivity contribution in [3.8, 4) is 5.69 Å². The number of imidazole rings is 1. The summed E-state index contributed by atoms with van der Waals surface area (Å²) in [5, 5.41) is 2.62. The summed E-state index contributed by atoms with van der Waals surface area (Å²) in [6.45, 7) is 2.98. The van der Waals surface area contributed by atoms with Gasteiger partial charge >= 0.3 is 6.18 Å². The summed E-state index contributed by atoms with van der Waals surface area (Å²) in [4.78, 5) is 27.2. The maximum Gasteiger partial charge on any atom is 0.416 e. The molecule has 1 aliphatic rings. The van der Waals surface area contributed by atoms with E-state index in [0.717, 1.165) is 28.9 Å². The molecule has 4 aromatic rings. The number of amides is 1. The number of carbonyl (C=O) groups excluding carboxylic acids is 1. The molecule has 1 N–H and O–H groups in total. The smallest absolute Gasteiger partial charge is 0.360 e. The largest absolute Gasteiger partial charge is 0.416 e. The van der Waals surface area contributed by atoms with Crippen molar-refractivity contribution in [3.05, 3.63) is 95.6 Å². The minimum atomic E-state index is -4.57. The maximum absolute atomic E-state index is 13.5. The van der Waals surface area contributed by atoms with Crippen LogP contribution < -0.4 is 10.2 Å². The van der Waals surface area contributed by atoms with Crippen LogP contribution in [0.2, 0.25) is 0 Å². The minimum Gasteiger partial charge on any atom is -0.360 e. The molecule has 7 nitrogen and oxygen atoms in total. The standard InChI is InChI=1S/C24H19F3N6O/c1-15-10-33(14-30-15)21-6-19(24(25,26)27)5-20(7-21)31-23(34)16-2-3-17-11-32(12-18(17)4-16)22-8-28-13-29-9-22/h2-10,13-14H,11-12H2,1H3,(H,31,34). The Morgan fingerprint density at radius 1 is 1.00 bits per heavy atom. The van der Waals surface area contributed by atoms with Gasteiger partial charge in [0.2, 0.25) is 0 Å². The summed E-state index contributed by atoms with van der Waals surface area (Å²) in [6.07, 6.45) is 3.39. The second-order valence-corrected chi connectivity index (χ2v) is 8.08. The number of alkyl halides is 3. The van der Waals surface area contributed by atoms with Gasteiger partial charge in [0.25, 0.3) is 5.91 Å². The highest BCUT2D eigenvalue weighted by Crippen LogP contribution is 2.33. The molecule has 0 fully saturated rings. The van der Waals surface area contributed by atoms with Crippen LogP contribution in [0.5, 0.6) is 0 Å². The van der Waals surface area contributed by atoms with E-state index < -0.39 is 17.6 Å². The lowest BCUT2D eigenvalue weighted by atomic mass is 10.1. The second kappa shape index (κ2) is 8.29. The van der Waals surface area contributed by atoms with E-state index in [1.807, 2.05) is 6.07 Å². The summed E-state index contributed by atoms with van der Waals surface area (Å²) in [5.41, 5.74) is 3.37. The normalized spacial score (nSPS) is 13.1. The lowest BCUT2D eigenvalue weighted by molar-refractivity contribution is -0.137. The number of nitrogens with zero attached hydrogens (tertiary/aromatic N) is 5. The number of fused-ring (bicyclic) bond motifs is 1. The lowest BCUT2D eigenvalue weighted by Crippen LogP contribution is -2.15. The third-order valence-corrected chi connectivity index (χ3v) is 5.62. The van der Waals surface area contributed by atoms with Gasteiger partial charge in [0, 0.05) is 36.2 Å². The summed E-state index contributed by atoms with van der Waals surface area (Å²) < 4.78 is 42.0. The van der Waals surface area contributed by atoms with Crippen LogP contribution in [-0.2, 0) is 19.3 Å². The van der Waals surface area contributed by atoms with Gasteiger partial charge in [-0.3, -0.25) is 4.79 Å². The number of hydrogen-bond donors (Lipinski definition) is 1. The van der Waals surface area contributed by atoms with Gasteiger partial charge in [-0.15, -0.1) is 0 Å². The molecule has 1 amide bonds. The predicted molar refractivity (Wildman–Crippen MR) is 120 cm³/mol. The van der Waals surface area contributed by atoms with Crippen molar-refractivity contribution in [1.82, 2.24) is 19.5 Å². The molecule has 2 aromatic heterocycles. The molecule has 0 aliphatic carbocycles. The Morgan fingerprint density at radius 2 is 1.76 bits per heavy atom. The quantitative estimate of drug-likeness (QED) is 0.471. The molecule has 5 rings (SSSR count). The Bertz CT molecular complexity index is 1370. The van der Waals surface area contributed by atoms with Crippen LogP contribution in [0.4, 0.5) is 24.5 Å². The molecular weight excluding hydrogens is 445 g/mol. The highest BCUT2D eigenvalue weighted by atomic mass is 19.4. The van der Waals surface area contributed by atoms with Gasteiger partial charge in [-0.2, -0.15) is 13.2 Å². The fraction of sp³-hybridized carbons (Fsp3) is 0.167. The first-order valence-electron chi connectivity index (χ1n) is 10.4. The zero-order valence-electron chi connectivity index (χ0n) is 18.0. The van der Waals surface area contributed by atoms with E-state index in [0.29, 0.717) is 24.3 Å². The Balaban J connectivity index is 1.40. The molecule has 172 valence electrons. The molecular formula is C24H19F3N6O. The number of anilines is 2. The Hall–Kier alpha value is -4.21. The first kappa shape index (κ1) is 21.6. The number of hydrogen-bond acceptors (Lipinski definition) is 5. The maximum atomic E-state index is 13.5. The van der Waals surface area contributed by atoms with Crippen molar-refractivity contribution in [2.75, 3.05) is 10.2 Å². The highest BCUT2D eigenvalue weighted by Gasteiger charge is 2.31. The van der Waals surface area contributed by atoms with Crippen molar-refractivity contribution >= 4 is 17.3 Å². The van der Waals surface area contributed by atoms with Crippen LogP contribution in [0.25, 0.3) is 5.69 Å². The molecule has 0 saturated heterocycles. The molecule has 10 heteroatoms. The topological polar surface area (TPSA) is 75.9 Å². The Morgan fingerprint density at radius 3 is 2.47 bits per heavy atom. The van der Waals surface area contributed by atoms with Crippen LogP contribution in [0.3, 0.4) is 0 Å². The third kappa shape index (κ3) is 4.34. The summed E-state index contributed by atoms with van der Waals surface area (Å²) in [5.74, 6) is -0.489. The van der Waals surface area contributed by atoms with Crippen LogP contribution >= 0.6 is 0 Å². The van der Waals surface area contributed by atoms with E-state index in [4.69, 9.17) is 0 Å². The van der Waals surface area contributed by atoms with Gasteiger partial charge in [0.05, 0.1) is 35.7 Å². The molecule has 34 heavy (non-hydrogen) atoms. The molecule has 0 atom stereocenters. The van der Waals surface area contributed by atoms with Crippen LogP contribution in [0.15, 0.2) is 67.6 Å². The van der Waals surface area contributed by atoms with Gasteiger partial charge < -0.3 is 14.8 Å². The molecule has 1 aliphatic heterocycles. The van der Waals surface area contributed by atoms with E-state index in [2.05, 4.69) is 25.2 Å². The monoisotopic (exact) mass is 464 g/mol. The average molecular weight is 464 g/mol. The summed E-state index contributed by atoms with van der Waals surface area (Å²) in [6, 6.07) is 8.73. The van der Waals surface area contributed by atoms with E-state index in [1.54, 1.807) is 37.6 Å². The molecule has 0 spiro atoms.